The number of amides is 3. The Hall–Kier alpha value is -2.61. The minimum atomic E-state index is -0.658. The quantitative estimate of drug-likeness (QED) is 0.187. The summed E-state index contributed by atoms with van der Waals surface area (Å²) in [6.45, 7) is 7.79. The van der Waals surface area contributed by atoms with E-state index in [1.54, 1.807) is 0 Å². The lowest BCUT2D eigenvalue weighted by atomic mass is 9.94. The van der Waals surface area contributed by atoms with E-state index < -0.39 is 12.1 Å². The molecule has 1 fully saturated rings. The Kier molecular flexibility index (Phi) is 12.6. The lowest BCUT2D eigenvalue weighted by Crippen LogP contribution is -2.54. The van der Waals surface area contributed by atoms with E-state index in [1.807, 2.05) is 39.1 Å². The van der Waals surface area contributed by atoms with Gasteiger partial charge in [-0.05, 0) is 55.7 Å². The van der Waals surface area contributed by atoms with Crippen LogP contribution in [0.15, 0.2) is 24.3 Å². The van der Waals surface area contributed by atoms with Gasteiger partial charge in [0.1, 0.15) is 24.4 Å². The molecule has 1 aliphatic carbocycles. The number of carbonyl (C=O) groups is 3. The standard InChI is InChI=1S/C27H44N4O4/c1-5-8-21(15-22-9-6-7-10-24(22)35-14-13-28-4)17-29-26(33)23(16-20-11-12-20)31-27(34)25(19(2)3)30-18-32/h6-7,9-10,18-21,23,25,28H,5,8,11-17H2,1-4H3,(H,29,33)(H,30,32)(H,31,34)/t21-,23+,25-/m1/s1. The van der Waals surface area contributed by atoms with Crippen LogP contribution in [0, 0.1) is 17.8 Å². The van der Waals surface area contributed by atoms with Crippen molar-refractivity contribution in [1.82, 2.24) is 21.3 Å². The van der Waals surface area contributed by atoms with E-state index in [-0.39, 0.29) is 23.7 Å². The molecule has 0 bridgehead atoms. The van der Waals surface area contributed by atoms with Crippen molar-refractivity contribution in [2.24, 2.45) is 17.8 Å². The van der Waals surface area contributed by atoms with Gasteiger partial charge in [0.2, 0.25) is 18.2 Å². The van der Waals surface area contributed by atoms with Crippen LogP contribution in [0.5, 0.6) is 5.75 Å². The summed E-state index contributed by atoms with van der Waals surface area (Å²) >= 11 is 0. The molecule has 0 radical (unpaired) electrons. The number of hydrogen-bond donors (Lipinski definition) is 4. The zero-order valence-electron chi connectivity index (χ0n) is 21.8. The number of likely N-dealkylation sites (N-methyl/N-ethyl adjacent to an activating group) is 1. The largest absolute Gasteiger partial charge is 0.492 e. The monoisotopic (exact) mass is 488 g/mol. The van der Waals surface area contributed by atoms with Gasteiger partial charge in [-0.25, -0.2) is 0 Å². The van der Waals surface area contributed by atoms with E-state index in [2.05, 4.69) is 34.3 Å². The fourth-order valence-electron chi connectivity index (χ4n) is 4.26. The van der Waals surface area contributed by atoms with E-state index in [0.717, 1.165) is 50.0 Å². The third-order valence-electron chi connectivity index (χ3n) is 6.45. The van der Waals surface area contributed by atoms with Crippen molar-refractivity contribution in [2.45, 2.75) is 71.4 Å². The molecule has 0 saturated heterocycles. The second-order valence-electron chi connectivity index (χ2n) is 9.91. The summed E-state index contributed by atoms with van der Waals surface area (Å²) in [5, 5.41) is 11.7. The number of hydrogen-bond acceptors (Lipinski definition) is 5. The maximum Gasteiger partial charge on any atom is 0.243 e. The normalized spacial score (nSPS) is 15.7. The van der Waals surface area contributed by atoms with Gasteiger partial charge < -0.3 is 26.0 Å². The van der Waals surface area contributed by atoms with E-state index in [0.29, 0.717) is 31.9 Å². The van der Waals surface area contributed by atoms with Crippen LogP contribution >= 0.6 is 0 Å². The van der Waals surface area contributed by atoms with E-state index in [4.69, 9.17) is 4.74 Å². The minimum absolute atomic E-state index is 0.0748. The average Bonchev–Trinajstić information content (AvgIpc) is 3.65. The smallest absolute Gasteiger partial charge is 0.243 e. The SMILES string of the molecule is CCC[C@@H](CNC(=O)[C@H](CC1CC1)NC(=O)[C@H](NC=O)C(C)C)Cc1ccccc1OCCNC. The highest BCUT2D eigenvalue weighted by Gasteiger charge is 2.32. The maximum atomic E-state index is 13.1. The Morgan fingerprint density at radius 1 is 1.17 bits per heavy atom. The average molecular weight is 489 g/mol. The first-order valence-electron chi connectivity index (χ1n) is 13.0. The van der Waals surface area contributed by atoms with Gasteiger partial charge in [0, 0.05) is 13.1 Å². The molecule has 1 saturated carbocycles. The summed E-state index contributed by atoms with van der Waals surface area (Å²) in [5.41, 5.74) is 1.14. The second kappa shape index (κ2) is 15.4. The van der Waals surface area contributed by atoms with Gasteiger partial charge in [-0.1, -0.05) is 58.2 Å². The third-order valence-corrected chi connectivity index (χ3v) is 6.45. The van der Waals surface area contributed by atoms with Crippen LogP contribution < -0.4 is 26.0 Å². The molecule has 1 aromatic rings. The topological polar surface area (TPSA) is 109 Å². The lowest BCUT2D eigenvalue weighted by molar-refractivity contribution is -0.131. The Balaban J connectivity index is 2.00. The van der Waals surface area contributed by atoms with Gasteiger partial charge in [0.25, 0.3) is 0 Å². The molecule has 0 unspecified atom stereocenters. The Morgan fingerprint density at radius 3 is 2.54 bits per heavy atom. The molecule has 1 aliphatic rings. The molecule has 8 nitrogen and oxygen atoms in total. The third kappa shape index (κ3) is 10.3. The van der Waals surface area contributed by atoms with Crippen LogP contribution in [0.1, 0.15) is 58.4 Å². The van der Waals surface area contributed by atoms with Crippen LogP contribution in [0.2, 0.25) is 0 Å². The zero-order chi connectivity index (χ0) is 25.6. The lowest BCUT2D eigenvalue weighted by Gasteiger charge is -2.25. The van der Waals surface area contributed by atoms with Crippen LogP contribution in [-0.4, -0.2) is 57.1 Å². The fraction of sp³-hybridized carbons (Fsp3) is 0.667. The van der Waals surface area contributed by atoms with Gasteiger partial charge >= 0.3 is 0 Å². The van der Waals surface area contributed by atoms with Crippen molar-refractivity contribution < 1.29 is 19.1 Å². The summed E-state index contributed by atoms with van der Waals surface area (Å²) in [4.78, 5) is 36.9. The van der Waals surface area contributed by atoms with Crippen LogP contribution in [0.3, 0.4) is 0 Å². The number of nitrogens with one attached hydrogen (secondary N) is 4. The molecule has 0 aromatic heterocycles. The molecular weight excluding hydrogens is 444 g/mol. The molecular formula is C27H44N4O4. The van der Waals surface area contributed by atoms with Gasteiger partial charge in [0.05, 0.1) is 0 Å². The predicted molar refractivity (Wildman–Crippen MR) is 138 cm³/mol. The highest BCUT2D eigenvalue weighted by molar-refractivity contribution is 5.90. The number of carbonyl (C=O) groups excluding carboxylic acids is 3. The molecule has 8 heteroatoms. The fourth-order valence-corrected chi connectivity index (χ4v) is 4.26. The Labute approximate surface area is 210 Å². The molecule has 0 heterocycles. The molecule has 0 aliphatic heterocycles. The first-order valence-corrected chi connectivity index (χ1v) is 13.0. The summed E-state index contributed by atoms with van der Waals surface area (Å²) < 4.78 is 5.95. The van der Waals surface area contributed by atoms with Crippen molar-refractivity contribution >= 4 is 18.2 Å². The molecule has 4 N–H and O–H groups in total. The highest BCUT2D eigenvalue weighted by Crippen LogP contribution is 2.33. The Bertz CT molecular complexity index is 797. The number of rotatable bonds is 18. The van der Waals surface area contributed by atoms with Gasteiger partial charge in [-0.3, -0.25) is 14.4 Å². The van der Waals surface area contributed by atoms with Gasteiger partial charge in [0.15, 0.2) is 0 Å². The van der Waals surface area contributed by atoms with Crippen molar-refractivity contribution in [2.75, 3.05) is 26.7 Å². The highest BCUT2D eigenvalue weighted by atomic mass is 16.5. The van der Waals surface area contributed by atoms with Crippen molar-refractivity contribution in [3.63, 3.8) is 0 Å². The minimum Gasteiger partial charge on any atom is -0.492 e. The van der Waals surface area contributed by atoms with Gasteiger partial charge in [-0.2, -0.15) is 0 Å². The summed E-state index contributed by atoms with van der Waals surface area (Å²) in [6.07, 6.45) is 6.13. The van der Waals surface area contributed by atoms with Crippen LogP contribution in [0.4, 0.5) is 0 Å². The van der Waals surface area contributed by atoms with Crippen molar-refractivity contribution in [3.8, 4) is 5.75 Å². The number of ether oxygens (including phenoxy) is 1. The predicted octanol–water partition coefficient (Wildman–Crippen LogP) is 2.42. The molecule has 2 rings (SSSR count). The van der Waals surface area contributed by atoms with Gasteiger partial charge in [-0.15, -0.1) is 0 Å². The summed E-state index contributed by atoms with van der Waals surface area (Å²) in [5.74, 6) is 1.07. The van der Waals surface area contributed by atoms with E-state index in [1.165, 1.54) is 0 Å². The first-order chi connectivity index (χ1) is 16.9. The number of para-hydroxylation sites is 1. The molecule has 35 heavy (non-hydrogen) atoms. The molecule has 1 aromatic carbocycles. The molecule has 3 amide bonds. The maximum absolute atomic E-state index is 13.1. The summed E-state index contributed by atoms with van der Waals surface area (Å²) in [7, 11) is 1.90. The van der Waals surface area contributed by atoms with E-state index >= 15 is 0 Å². The van der Waals surface area contributed by atoms with Crippen LogP contribution in [-0.2, 0) is 20.8 Å². The summed E-state index contributed by atoms with van der Waals surface area (Å²) in [6, 6.07) is 6.82. The number of benzene rings is 1. The Morgan fingerprint density at radius 2 is 1.91 bits per heavy atom. The molecule has 3 atom stereocenters. The second-order valence-corrected chi connectivity index (χ2v) is 9.91. The van der Waals surface area contributed by atoms with E-state index in [9.17, 15) is 14.4 Å². The van der Waals surface area contributed by atoms with Crippen molar-refractivity contribution in [3.05, 3.63) is 29.8 Å². The van der Waals surface area contributed by atoms with Crippen LogP contribution in [0.25, 0.3) is 0 Å². The molecule has 196 valence electrons. The first kappa shape index (κ1) is 28.6. The zero-order valence-corrected chi connectivity index (χ0v) is 21.8. The molecule has 0 spiro atoms. The van der Waals surface area contributed by atoms with Crippen molar-refractivity contribution in [1.29, 1.82) is 0 Å².